The van der Waals surface area contributed by atoms with Gasteiger partial charge >= 0.3 is 0 Å². The van der Waals surface area contributed by atoms with Gasteiger partial charge in [0.2, 0.25) is 0 Å². The zero-order valence-electron chi connectivity index (χ0n) is 10.9. The summed E-state index contributed by atoms with van der Waals surface area (Å²) in [5.41, 5.74) is 5.93. The molecule has 1 aliphatic carbocycles. The lowest BCUT2D eigenvalue weighted by Gasteiger charge is -2.43. The first-order valence-electron chi connectivity index (χ1n) is 6.71. The highest BCUT2D eigenvalue weighted by Gasteiger charge is 2.41. The maximum Gasteiger partial charge on any atom is 0.129 e. The first-order chi connectivity index (χ1) is 8.59. The summed E-state index contributed by atoms with van der Waals surface area (Å²) in [5.74, 6) is 0.208. The molecule has 3 atom stereocenters. The molecule has 18 heavy (non-hydrogen) atoms. The number of hydrogen-bond acceptors (Lipinski definition) is 2. The van der Waals surface area contributed by atoms with Crippen molar-refractivity contribution in [2.75, 3.05) is 6.54 Å². The minimum atomic E-state index is -0.800. The number of nitrogens with two attached hydrogens (primary N) is 1. The van der Waals surface area contributed by atoms with Crippen LogP contribution in [0.15, 0.2) is 24.3 Å². The molecule has 1 saturated carbocycles. The van der Waals surface area contributed by atoms with Gasteiger partial charge in [0.25, 0.3) is 0 Å². The highest BCUT2D eigenvalue weighted by molar-refractivity contribution is 5.22. The zero-order chi connectivity index (χ0) is 13.2. The van der Waals surface area contributed by atoms with E-state index in [1.54, 1.807) is 18.2 Å². The number of hydrogen-bond donors (Lipinski definition) is 2. The van der Waals surface area contributed by atoms with E-state index in [2.05, 4.69) is 6.92 Å². The van der Waals surface area contributed by atoms with Crippen molar-refractivity contribution < 1.29 is 9.50 Å². The van der Waals surface area contributed by atoms with Crippen molar-refractivity contribution >= 4 is 0 Å². The summed E-state index contributed by atoms with van der Waals surface area (Å²) in [5, 5.41) is 10.6. The fourth-order valence-electron chi connectivity index (χ4n) is 3.27. The van der Waals surface area contributed by atoms with Crippen LogP contribution in [0.1, 0.15) is 44.3 Å². The summed E-state index contributed by atoms with van der Waals surface area (Å²) >= 11 is 0. The van der Waals surface area contributed by atoms with E-state index in [-0.39, 0.29) is 11.2 Å². The average Bonchev–Trinajstić information content (AvgIpc) is 2.38. The van der Waals surface area contributed by atoms with Crippen LogP contribution in [-0.4, -0.2) is 11.7 Å². The van der Waals surface area contributed by atoms with Gasteiger partial charge in [-0.1, -0.05) is 38.0 Å². The summed E-state index contributed by atoms with van der Waals surface area (Å²) in [6, 6.07) is 6.47. The third-order valence-electron chi connectivity index (χ3n) is 4.31. The van der Waals surface area contributed by atoms with Crippen molar-refractivity contribution in [1.82, 2.24) is 0 Å². The molecule has 0 spiro atoms. The lowest BCUT2D eigenvalue weighted by Crippen LogP contribution is -2.41. The average molecular weight is 251 g/mol. The topological polar surface area (TPSA) is 46.2 Å². The largest absolute Gasteiger partial charge is 0.388 e. The van der Waals surface area contributed by atoms with Crippen LogP contribution in [0.5, 0.6) is 0 Å². The molecule has 0 amide bonds. The fourth-order valence-corrected chi connectivity index (χ4v) is 3.27. The Labute approximate surface area is 108 Å². The van der Waals surface area contributed by atoms with Crippen LogP contribution in [0.4, 0.5) is 4.39 Å². The molecular weight excluding hydrogens is 229 g/mol. The number of aliphatic hydroxyl groups is 1. The Morgan fingerprint density at radius 2 is 2.22 bits per heavy atom. The molecule has 100 valence electrons. The summed E-state index contributed by atoms with van der Waals surface area (Å²) in [6.07, 6.45) is 3.18. The monoisotopic (exact) mass is 251 g/mol. The quantitative estimate of drug-likeness (QED) is 0.867. The minimum absolute atomic E-state index is 0.337. The molecule has 1 fully saturated rings. The molecule has 2 nitrogen and oxygen atoms in total. The van der Waals surface area contributed by atoms with Crippen LogP contribution in [-0.2, 0) is 0 Å². The lowest BCUT2D eigenvalue weighted by atomic mass is 9.65. The van der Waals surface area contributed by atoms with Gasteiger partial charge in [-0.2, -0.15) is 0 Å². The van der Waals surface area contributed by atoms with E-state index in [0.29, 0.717) is 18.0 Å². The van der Waals surface area contributed by atoms with E-state index >= 15 is 0 Å². The number of aliphatic hydroxyl groups excluding tert-OH is 1. The van der Waals surface area contributed by atoms with E-state index in [1.165, 1.54) is 12.5 Å². The van der Waals surface area contributed by atoms with Crippen molar-refractivity contribution in [3.05, 3.63) is 35.6 Å². The molecule has 3 unspecified atom stereocenters. The van der Waals surface area contributed by atoms with E-state index in [1.807, 2.05) is 0 Å². The first-order valence-corrected chi connectivity index (χ1v) is 6.71. The highest BCUT2D eigenvalue weighted by Crippen LogP contribution is 2.47. The molecule has 0 bridgehead atoms. The van der Waals surface area contributed by atoms with E-state index < -0.39 is 6.10 Å². The third-order valence-corrected chi connectivity index (χ3v) is 4.31. The second-order valence-corrected chi connectivity index (χ2v) is 5.69. The lowest BCUT2D eigenvalue weighted by molar-refractivity contribution is -0.0150. The Bertz CT molecular complexity index is 409. The summed E-state index contributed by atoms with van der Waals surface area (Å²) in [7, 11) is 0. The van der Waals surface area contributed by atoms with Crippen molar-refractivity contribution in [2.45, 2.75) is 38.7 Å². The van der Waals surface area contributed by atoms with Crippen LogP contribution in [0.25, 0.3) is 0 Å². The van der Waals surface area contributed by atoms with E-state index in [9.17, 15) is 9.50 Å². The summed E-state index contributed by atoms with van der Waals surface area (Å²) in [4.78, 5) is 0. The molecule has 0 heterocycles. The normalized spacial score (nSPS) is 30.1. The van der Waals surface area contributed by atoms with Crippen molar-refractivity contribution in [2.24, 2.45) is 17.1 Å². The maximum atomic E-state index is 13.8. The third kappa shape index (κ3) is 2.43. The van der Waals surface area contributed by atoms with Gasteiger partial charge in [-0.05, 0) is 24.8 Å². The van der Waals surface area contributed by atoms with Gasteiger partial charge in [0, 0.05) is 17.5 Å². The molecule has 3 N–H and O–H groups in total. The Morgan fingerprint density at radius 1 is 1.50 bits per heavy atom. The molecule has 3 heteroatoms. The fraction of sp³-hybridized carbons (Fsp3) is 0.600. The zero-order valence-corrected chi connectivity index (χ0v) is 10.9. The van der Waals surface area contributed by atoms with Crippen molar-refractivity contribution in [3.63, 3.8) is 0 Å². The van der Waals surface area contributed by atoms with Gasteiger partial charge in [-0.3, -0.25) is 0 Å². The molecule has 1 aromatic carbocycles. The van der Waals surface area contributed by atoms with Gasteiger partial charge in [0.1, 0.15) is 5.82 Å². The second kappa shape index (κ2) is 5.37. The van der Waals surface area contributed by atoms with Gasteiger partial charge < -0.3 is 10.8 Å². The Balaban J connectivity index is 2.30. The van der Waals surface area contributed by atoms with E-state index in [4.69, 9.17) is 5.73 Å². The van der Waals surface area contributed by atoms with Crippen LogP contribution in [0.2, 0.25) is 0 Å². The van der Waals surface area contributed by atoms with Crippen LogP contribution in [0.3, 0.4) is 0 Å². The Kier molecular flexibility index (Phi) is 4.03. The molecule has 0 saturated heterocycles. The molecule has 2 rings (SSSR count). The second-order valence-electron chi connectivity index (χ2n) is 5.69. The standard InChI is InChI=1S/C15H22FNO/c1-11-5-4-8-15(9-11,10-17)14(18)12-6-2-3-7-13(12)16/h2-3,6-7,11,14,18H,4-5,8-10,17H2,1H3. The molecule has 0 radical (unpaired) electrons. The van der Waals surface area contributed by atoms with Crippen LogP contribution in [0, 0.1) is 17.2 Å². The van der Waals surface area contributed by atoms with Gasteiger partial charge in [0.05, 0.1) is 6.10 Å². The summed E-state index contributed by atoms with van der Waals surface area (Å²) in [6.45, 7) is 2.59. The molecule has 0 aliphatic heterocycles. The van der Waals surface area contributed by atoms with Crippen molar-refractivity contribution in [1.29, 1.82) is 0 Å². The van der Waals surface area contributed by atoms with Gasteiger partial charge in [0.15, 0.2) is 0 Å². The first kappa shape index (κ1) is 13.5. The number of rotatable bonds is 3. The molecular formula is C15H22FNO. The van der Waals surface area contributed by atoms with Crippen LogP contribution < -0.4 is 5.73 Å². The smallest absolute Gasteiger partial charge is 0.129 e. The molecule has 1 aromatic rings. The summed E-state index contributed by atoms with van der Waals surface area (Å²) < 4.78 is 13.8. The number of benzene rings is 1. The minimum Gasteiger partial charge on any atom is -0.388 e. The predicted octanol–water partition coefficient (Wildman–Crippen LogP) is 3.01. The predicted molar refractivity (Wildman–Crippen MR) is 70.5 cm³/mol. The number of halogens is 1. The van der Waals surface area contributed by atoms with Crippen molar-refractivity contribution in [3.8, 4) is 0 Å². The Hall–Kier alpha value is -0.930. The maximum absolute atomic E-state index is 13.8. The Morgan fingerprint density at radius 3 is 2.83 bits per heavy atom. The van der Waals surface area contributed by atoms with Crippen LogP contribution >= 0.6 is 0 Å². The SMILES string of the molecule is CC1CCCC(CN)(C(O)c2ccccc2F)C1. The molecule has 0 aromatic heterocycles. The highest BCUT2D eigenvalue weighted by atomic mass is 19.1. The van der Waals surface area contributed by atoms with Gasteiger partial charge in [-0.15, -0.1) is 0 Å². The molecule has 1 aliphatic rings. The van der Waals surface area contributed by atoms with E-state index in [0.717, 1.165) is 19.3 Å². The van der Waals surface area contributed by atoms with Gasteiger partial charge in [-0.25, -0.2) is 4.39 Å².